The molecule has 0 fully saturated rings. The molecule has 7 nitrogen and oxygen atoms in total. The van der Waals surface area contributed by atoms with E-state index in [1.165, 1.54) is 25.3 Å². The standard InChI is InChI=1S/C14H12N2O5/c1-21-13-5-3-2-4-11(13)15-9-6-7-10(14(17)18)12(8-9)16(19)20/h2-8,15H,1H3,(H,17,18). The number of benzene rings is 2. The average molecular weight is 288 g/mol. The van der Waals surface area contributed by atoms with Crippen molar-refractivity contribution in [2.24, 2.45) is 0 Å². The Kier molecular flexibility index (Phi) is 4.03. The molecule has 0 radical (unpaired) electrons. The summed E-state index contributed by atoms with van der Waals surface area (Å²) in [5.41, 5.74) is 0.196. The minimum absolute atomic E-state index is 0.356. The zero-order valence-corrected chi connectivity index (χ0v) is 11.1. The second-order valence-corrected chi connectivity index (χ2v) is 4.12. The molecule has 2 aromatic rings. The summed E-state index contributed by atoms with van der Waals surface area (Å²) >= 11 is 0. The smallest absolute Gasteiger partial charge is 0.342 e. The molecule has 0 amide bonds. The lowest BCUT2D eigenvalue weighted by Gasteiger charge is -2.11. The number of carbonyl (C=O) groups is 1. The van der Waals surface area contributed by atoms with Gasteiger partial charge in [0, 0.05) is 11.8 Å². The number of hydrogen-bond acceptors (Lipinski definition) is 5. The molecule has 21 heavy (non-hydrogen) atoms. The summed E-state index contributed by atoms with van der Waals surface area (Å²) < 4.78 is 5.17. The van der Waals surface area contributed by atoms with Gasteiger partial charge in [-0.1, -0.05) is 12.1 Å². The second kappa shape index (κ2) is 5.91. The van der Waals surface area contributed by atoms with Gasteiger partial charge in [-0.25, -0.2) is 4.79 Å². The van der Waals surface area contributed by atoms with Crippen LogP contribution in [0.1, 0.15) is 10.4 Å². The summed E-state index contributed by atoms with van der Waals surface area (Å²) in [7, 11) is 1.51. The predicted octanol–water partition coefficient (Wildman–Crippen LogP) is 3.05. The fraction of sp³-hybridized carbons (Fsp3) is 0.0714. The normalized spacial score (nSPS) is 9.95. The highest BCUT2D eigenvalue weighted by molar-refractivity contribution is 5.93. The van der Waals surface area contributed by atoms with Crippen molar-refractivity contribution >= 4 is 23.0 Å². The maximum Gasteiger partial charge on any atom is 0.342 e. The van der Waals surface area contributed by atoms with Crippen molar-refractivity contribution in [3.63, 3.8) is 0 Å². The number of aromatic carboxylic acids is 1. The molecular weight excluding hydrogens is 276 g/mol. The van der Waals surface area contributed by atoms with E-state index in [2.05, 4.69) is 5.32 Å². The molecule has 0 bridgehead atoms. The number of hydrogen-bond donors (Lipinski definition) is 2. The van der Waals surface area contributed by atoms with Gasteiger partial charge in [-0.15, -0.1) is 0 Å². The van der Waals surface area contributed by atoms with Crippen LogP contribution >= 0.6 is 0 Å². The molecule has 0 aliphatic rings. The summed E-state index contributed by atoms with van der Waals surface area (Å²) in [4.78, 5) is 21.2. The number of nitro groups is 1. The Balaban J connectivity index is 2.39. The number of rotatable bonds is 5. The molecule has 7 heteroatoms. The van der Waals surface area contributed by atoms with E-state index in [0.29, 0.717) is 17.1 Å². The van der Waals surface area contributed by atoms with E-state index in [-0.39, 0.29) is 5.56 Å². The fourth-order valence-corrected chi connectivity index (χ4v) is 1.84. The van der Waals surface area contributed by atoms with E-state index in [0.717, 1.165) is 0 Å². The van der Waals surface area contributed by atoms with Crippen molar-refractivity contribution in [3.8, 4) is 5.75 Å². The van der Waals surface area contributed by atoms with E-state index >= 15 is 0 Å². The van der Waals surface area contributed by atoms with Crippen molar-refractivity contribution in [1.82, 2.24) is 0 Å². The van der Waals surface area contributed by atoms with Crippen LogP contribution in [0.25, 0.3) is 0 Å². The first-order chi connectivity index (χ1) is 10.0. The fourth-order valence-electron chi connectivity index (χ4n) is 1.84. The van der Waals surface area contributed by atoms with E-state index < -0.39 is 16.6 Å². The van der Waals surface area contributed by atoms with Crippen molar-refractivity contribution < 1.29 is 19.6 Å². The van der Waals surface area contributed by atoms with Crippen LogP contribution in [0.4, 0.5) is 17.1 Å². The number of anilines is 2. The van der Waals surface area contributed by atoms with Gasteiger partial charge in [0.05, 0.1) is 17.7 Å². The topological polar surface area (TPSA) is 102 Å². The lowest BCUT2D eigenvalue weighted by atomic mass is 10.1. The predicted molar refractivity (Wildman–Crippen MR) is 76.3 cm³/mol. The Labute approximate surface area is 119 Å². The second-order valence-electron chi connectivity index (χ2n) is 4.12. The molecule has 2 N–H and O–H groups in total. The van der Waals surface area contributed by atoms with Gasteiger partial charge >= 0.3 is 5.97 Å². The van der Waals surface area contributed by atoms with E-state index in [1.54, 1.807) is 24.3 Å². The number of nitro benzene ring substituents is 1. The highest BCUT2D eigenvalue weighted by Crippen LogP contribution is 2.30. The number of para-hydroxylation sites is 2. The Morgan fingerprint density at radius 3 is 2.62 bits per heavy atom. The van der Waals surface area contributed by atoms with Gasteiger partial charge in [-0.3, -0.25) is 10.1 Å². The zero-order chi connectivity index (χ0) is 15.4. The molecule has 0 aliphatic heterocycles. The van der Waals surface area contributed by atoms with E-state index in [9.17, 15) is 14.9 Å². The molecule has 0 aromatic heterocycles. The molecule has 108 valence electrons. The summed E-state index contributed by atoms with van der Waals surface area (Å²) in [6.07, 6.45) is 0. The zero-order valence-electron chi connectivity index (χ0n) is 11.1. The number of nitrogens with one attached hydrogen (secondary N) is 1. The third-order valence-corrected chi connectivity index (χ3v) is 2.81. The maximum atomic E-state index is 11.0. The first kappa shape index (κ1) is 14.3. The highest BCUT2D eigenvalue weighted by atomic mass is 16.6. The van der Waals surface area contributed by atoms with Crippen LogP contribution in [0, 0.1) is 10.1 Å². The molecule has 0 spiro atoms. The summed E-state index contributed by atoms with van der Waals surface area (Å²) in [6, 6.07) is 10.9. The van der Waals surface area contributed by atoms with Gasteiger partial charge in [0.2, 0.25) is 0 Å². The number of methoxy groups -OCH3 is 1. The summed E-state index contributed by atoms with van der Waals surface area (Å²) in [5, 5.41) is 22.8. The van der Waals surface area contributed by atoms with Crippen molar-refractivity contribution in [3.05, 3.63) is 58.1 Å². The van der Waals surface area contributed by atoms with E-state index in [1.807, 2.05) is 0 Å². The van der Waals surface area contributed by atoms with Crippen molar-refractivity contribution in [2.75, 3.05) is 12.4 Å². The van der Waals surface area contributed by atoms with Gasteiger partial charge in [0.1, 0.15) is 11.3 Å². The summed E-state index contributed by atoms with van der Waals surface area (Å²) in [5.74, 6) is -0.770. The van der Waals surface area contributed by atoms with Crippen LogP contribution in [-0.2, 0) is 0 Å². The van der Waals surface area contributed by atoms with Crippen LogP contribution in [0.2, 0.25) is 0 Å². The lowest BCUT2D eigenvalue weighted by molar-refractivity contribution is -0.385. The summed E-state index contributed by atoms with van der Waals surface area (Å²) in [6.45, 7) is 0. The largest absolute Gasteiger partial charge is 0.495 e. The number of ether oxygens (including phenoxy) is 1. The first-order valence-electron chi connectivity index (χ1n) is 5.94. The van der Waals surface area contributed by atoms with Gasteiger partial charge in [-0.2, -0.15) is 0 Å². The van der Waals surface area contributed by atoms with Crippen LogP contribution in [0.5, 0.6) is 5.75 Å². The van der Waals surface area contributed by atoms with E-state index in [4.69, 9.17) is 9.84 Å². The van der Waals surface area contributed by atoms with Crippen LogP contribution in [0.3, 0.4) is 0 Å². The van der Waals surface area contributed by atoms with Gasteiger partial charge in [0.25, 0.3) is 5.69 Å². The molecule has 0 unspecified atom stereocenters. The van der Waals surface area contributed by atoms with Gasteiger partial charge in [-0.05, 0) is 24.3 Å². The monoisotopic (exact) mass is 288 g/mol. The molecule has 0 aliphatic carbocycles. The Hall–Kier alpha value is -3.09. The first-order valence-corrected chi connectivity index (χ1v) is 5.94. The molecule has 2 rings (SSSR count). The third-order valence-electron chi connectivity index (χ3n) is 2.81. The molecule has 0 saturated heterocycles. The van der Waals surface area contributed by atoms with Gasteiger partial charge < -0.3 is 15.2 Å². The number of carboxylic acids is 1. The molecule has 2 aromatic carbocycles. The van der Waals surface area contributed by atoms with Crippen molar-refractivity contribution in [1.29, 1.82) is 0 Å². The van der Waals surface area contributed by atoms with Gasteiger partial charge in [0.15, 0.2) is 0 Å². The average Bonchev–Trinajstić information content (AvgIpc) is 2.47. The van der Waals surface area contributed by atoms with Crippen LogP contribution < -0.4 is 10.1 Å². The van der Waals surface area contributed by atoms with Crippen molar-refractivity contribution in [2.45, 2.75) is 0 Å². The third kappa shape index (κ3) is 3.08. The van der Waals surface area contributed by atoms with Crippen LogP contribution in [0.15, 0.2) is 42.5 Å². The number of nitrogens with zero attached hydrogens (tertiary/aromatic N) is 1. The highest BCUT2D eigenvalue weighted by Gasteiger charge is 2.20. The quantitative estimate of drug-likeness (QED) is 0.647. The Morgan fingerprint density at radius 1 is 1.29 bits per heavy atom. The Bertz CT molecular complexity index is 700. The lowest BCUT2D eigenvalue weighted by Crippen LogP contribution is -2.03. The number of carboxylic acid groups (broad SMARTS) is 1. The minimum atomic E-state index is -1.34. The Morgan fingerprint density at radius 2 is 2.00 bits per heavy atom. The minimum Gasteiger partial charge on any atom is -0.495 e. The molecule has 0 heterocycles. The molecule has 0 atom stereocenters. The SMILES string of the molecule is COc1ccccc1Nc1ccc(C(=O)O)c([N+](=O)[O-])c1. The van der Waals surface area contributed by atoms with Crippen LogP contribution in [-0.4, -0.2) is 23.1 Å². The molecular formula is C14H12N2O5. The maximum absolute atomic E-state index is 11.0. The molecule has 0 saturated carbocycles.